The number of rotatable bonds is 3. The van der Waals surface area contributed by atoms with Crippen LogP contribution in [0.3, 0.4) is 0 Å². The Labute approximate surface area is 85.6 Å². The zero-order chi connectivity index (χ0) is 10.8. The molecule has 0 bridgehead atoms. The second-order valence-corrected chi connectivity index (χ2v) is 3.22. The quantitative estimate of drug-likeness (QED) is 0.772. The van der Waals surface area contributed by atoms with E-state index >= 15 is 0 Å². The van der Waals surface area contributed by atoms with Gasteiger partial charge >= 0.3 is 5.97 Å². The van der Waals surface area contributed by atoms with Crippen molar-refractivity contribution < 1.29 is 9.90 Å². The minimum absolute atomic E-state index is 0.0742. The molecular weight excluding hydrogens is 196 g/mol. The largest absolute Gasteiger partial charge is 0.476 e. The van der Waals surface area contributed by atoms with Gasteiger partial charge in [-0.3, -0.25) is 5.10 Å². The second-order valence-electron chi connectivity index (χ2n) is 3.22. The first-order valence-electron chi connectivity index (χ1n) is 4.41. The molecule has 0 saturated heterocycles. The summed E-state index contributed by atoms with van der Waals surface area (Å²) < 4.78 is 1.84. The van der Waals surface area contributed by atoms with E-state index in [0.717, 1.165) is 5.69 Å². The lowest BCUT2D eigenvalue weighted by atomic mass is 10.2. The van der Waals surface area contributed by atoms with Crippen molar-refractivity contribution in [1.29, 1.82) is 0 Å². The molecule has 0 saturated carbocycles. The normalized spacial score (nSPS) is 10.5. The predicted molar refractivity (Wildman–Crippen MR) is 51.6 cm³/mol. The van der Waals surface area contributed by atoms with E-state index in [1.165, 1.54) is 0 Å². The molecule has 0 aliphatic rings. The maximum absolute atomic E-state index is 10.7. The van der Waals surface area contributed by atoms with Crippen LogP contribution in [0.4, 0.5) is 0 Å². The molecule has 0 atom stereocenters. The Morgan fingerprint density at radius 1 is 1.67 bits per heavy atom. The van der Waals surface area contributed by atoms with E-state index < -0.39 is 5.97 Å². The lowest BCUT2D eigenvalue weighted by molar-refractivity contribution is 0.0689. The van der Waals surface area contributed by atoms with Crippen LogP contribution in [0.25, 0.3) is 0 Å². The van der Waals surface area contributed by atoms with Gasteiger partial charge in [-0.15, -0.1) is 0 Å². The number of H-pyrrole nitrogens is 1. The third-order valence-corrected chi connectivity index (χ3v) is 2.21. The fourth-order valence-corrected chi connectivity index (χ4v) is 1.36. The summed E-state index contributed by atoms with van der Waals surface area (Å²) in [4.78, 5) is 14.6. The number of carboxylic acid groups (broad SMARTS) is 1. The highest BCUT2D eigenvalue weighted by Gasteiger charge is 2.14. The first kappa shape index (κ1) is 9.45. The van der Waals surface area contributed by atoms with E-state index in [9.17, 15) is 4.79 Å². The number of aromatic amines is 1. The predicted octanol–water partition coefficient (Wildman–Crippen LogP) is 0.661. The summed E-state index contributed by atoms with van der Waals surface area (Å²) in [5.74, 6) is -1.01. The van der Waals surface area contributed by atoms with Gasteiger partial charge in [0, 0.05) is 18.0 Å². The lowest BCUT2D eigenvalue weighted by Crippen LogP contribution is -2.01. The zero-order valence-corrected chi connectivity index (χ0v) is 8.14. The van der Waals surface area contributed by atoms with Crippen molar-refractivity contribution in [1.82, 2.24) is 19.7 Å². The molecule has 0 aliphatic heterocycles. The van der Waals surface area contributed by atoms with Crippen LogP contribution in [0.5, 0.6) is 0 Å². The van der Waals surface area contributed by atoms with Gasteiger partial charge in [0.2, 0.25) is 0 Å². The van der Waals surface area contributed by atoms with Gasteiger partial charge in [0.15, 0.2) is 5.69 Å². The highest BCUT2D eigenvalue weighted by molar-refractivity contribution is 5.87. The Bertz CT molecular complexity index is 472. The number of nitrogens with one attached hydrogen (secondary N) is 1. The van der Waals surface area contributed by atoms with E-state index in [-0.39, 0.29) is 5.69 Å². The number of aromatic carboxylic acids is 1. The molecule has 0 fully saturated rings. The molecule has 0 spiro atoms. The lowest BCUT2D eigenvalue weighted by Gasteiger charge is -1.99. The van der Waals surface area contributed by atoms with Crippen molar-refractivity contribution in [2.24, 2.45) is 0 Å². The van der Waals surface area contributed by atoms with Gasteiger partial charge in [-0.1, -0.05) is 0 Å². The van der Waals surface area contributed by atoms with Crippen molar-refractivity contribution in [3.63, 3.8) is 0 Å². The summed E-state index contributed by atoms with van der Waals surface area (Å²) >= 11 is 0. The number of aromatic nitrogens is 4. The third kappa shape index (κ3) is 1.74. The topological polar surface area (TPSA) is 83.8 Å². The minimum atomic E-state index is -1.01. The molecular formula is C9H10N4O2. The molecule has 6 nitrogen and oxygen atoms in total. The molecule has 2 heterocycles. The summed E-state index contributed by atoms with van der Waals surface area (Å²) in [6.45, 7) is 2.28. The molecule has 0 unspecified atom stereocenters. The Hall–Kier alpha value is -2.11. The average molecular weight is 206 g/mol. The SMILES string of the molecule is Cc1c(C(=O)O)n[nH]c1Cn1ccnc1. The maximum atomic E-state index is 10.7. The number of imidazole rings is 1. The van der Waals surface area contributed by atoms with E-state index in [2.05, 4.69) is 15.2 Å². The van der Waals surface area contributed by atoms with Crippen molar-refractivity contribution in [3.8, 4) is 0 Å². The first-order chi connectivity index (χ1) is 7.18. The molecule has 78 valence electrons. The summed E-state index contributed by atoms with van der Waals surface area (Å²) in [7, 11) is 0. The van der Waals surface area contributed by atoms with Crippen LogP contribution in [0, 0.1) is 6.92 Å². The zero-order valence-electron chi connectivity index (χ0n) is 8.14. The van der Waals surface area contributed by atoms with Crippen LogP contribution < -0.4 is 0 Å². The summed E-state index contributed by atoms with van der Waals surface area (Å²) in [6, 6.07) is 0. The van der Waals surface area contributed by atoms with Crippen LogP contribution in [0.1, 0.15) is 21.7 Å². The maximum Gasteiger partial charge on any atom is 0.356 e. The fourth-order valence-electron chi connectivity index (χ4n) is 1.36. The van der Waals surface area contributed by atoms with Crippen molar-refractivity contribution in [3.05, 3.63) is 35.7 Å². The van der Waals surface area contributed by atoms with E-state index in [1.54, 1.807) is 25.6 Å². The number of nitrogens with zero attached hydrogens (tertiary/aromatic N) is 3. The number of carbonyl (C=O) groups is 1. The van der Waals surface area contributed by atoms with Crippen molar-refractivity contribution in [2.75, 3.05) is 0 Å². The molecule has 2 aromatic rings. The average Bonchev–Trinajstić information content (AvgIpc) is 2.78. The van der Waals surface area contributed by atoms with Gasteiger partial charge in [-0.05, 0) is 6.92 Å². The van der Waals surface area contributed by atoms with Gasteiger partial charge in [0.05, 0.1) is 18.6 Å². The van der Waals surface area contributed by atoms with Crippen LogP contribution in [-0.2, 0) is 6.54 Å². The van der Waals surface area contributed by atoms with E-state index in [1.807, 2.05) is 4.57 Å². The summed E-state index contributed by atoms with van der Waals surface area (Å²) in [5.41, 5.74) is 1.52. The molecule has 2 aromatic heterocycles. The van der Waals surface area contributed by atoms with Gasteiger partial charge < -0.3 is 9.67 Å². The van der Waals surface area contributed by atoms with Crippen molar-refractivity contribution in [2.45, 2.75) is 13.5 Å². The molecule has 0 radical (unpaired) electrons. The molecule has 2 rings (SSSR count). The molecule has 6 heteroatoms. The highest BCUT2D eigenvalue weighted by atomic mass is 16.4. The summed E-state index contributed by atoms with van der Waals surface area (Å²) in [5, 5.41) is 15.3. The highest BCUT2D eigenvalue weighted by Crippen LogP contribution is 2.10. The van der Waals surface area contributed by atoms with E-state index in [4.69, 9.17) is 5.11 Å². The number of hydrogen-bond acceptors (Lipinski definition) is 3. The Morgan fingerprint density at radius 3 is 3.00 bits per heavy atom. The smallest absolute Gasteiger partial charge is 0.356 e. The second kappa shape index (κ2) is 3.56. The van der Waals surface area contributed by atoms with Crippen LogP contribution in [-0.4, -0.2) is 30.8 Å². The van der Waals surface area contributed by atoms with Gasteiger partial charge in [0.1, 0.15) is 0 Å². The number of carboxylic acids is 1. The van der Waals surface area contributed by atoms with E-state index in [0.29, 0.717) is 12.1 Å². The molecule has 0 amide bonds. The molecule has 0 aliphatic carbocycles. The van der Waals surface area contributed by atoms with Crippen LogP contribution >= 0.6 is 0 Å². The van der Waals surface area contributed by atoms with Crippen LogP contribution in [0.15, 0.2) is 18.7 Å². The molecule has 15 heavy (non-hydrogen) atoms. The Morgan fingerprint density at radius 2 is 2.47 bits per heavy atom. The summed E-state index contributed by atoms with van der Waals surface area (Å²) in [6.07, 6.45) is 5.14. The van der Waals surface area contributed by atoms with Gasteiger partial charge in [-0.25, -0.2) is 9.78 Å². The monoisotopic (exact) mass is 206 g/mol. The Balaban J connectivity index is 2.27. The van der Waals surface area contributed by atoms with Gasteiger partial charge in [0.25, 0.3) is 0 Å². The number of hydrogen-bond donors (Lipinski definition) is 2. The fraction of sp³-hybridized carbons (Fsp3) is 0.222. The third-order valence-electron chi connectivity index (χ3n) is 2.21. The molecule has 0 aromatic carbocycles. The minimum Gasteiger partial charge on any atom is -0.476 e. The first-order valence-corrected chi connectivity index (χ1v) is 4.41. The van der Waals surface area contributed by atoms with Crippen molar-refractivity contribution >= 4 is 5.97 Å². The van der Waals surface area contributed by atoms with Crippen LogP contribution in [0.2, 0.25) is 0 Å². The standard InChI is InChI=1S/C9H10N4O2/c1-6-7(4-13-3-2-10-5-13)11-12-8(6)9(14)15/h2-3,5H,4H2,1H3,(H,11,12)(H,14,15). The Kier molecular flexibility index (Phi) is 2.24. The molecule has 2 N–H and O–H groups in total. The van der Waals surface area contributed by atoms with Gasteiger partial charge in [-0.2, -0.15) is 5.10 Å².